The fourth-order valence-corrected chi connectivity index (χ4v) is 3.21. The third-order valence-electron chi connectivity index (χ3n) is 3.01. The Labute approximate surface area is 124 Å². The molecule has 112 valence electrons. The van der Waals surface area contributed by atoms with Gasteiger partial charge in [0.15, 0.2) is 12.0 Å². The number of hydrogen-bond donors (Lipinski definition) is 1. The minimum Gasteiger partial charge on any atom is -0.453 e. The molecule has 0 bridgehead atoms. The number of nitrogens with one attached hydrogen (secondary N) is 1. The van der Waals surface area contributed by atoms with Crippen LogP contribution in [0.1, 0.15) is 30.3 Å². The molecule has 6 heteroatoms. The molecule has 0 unspecified atom stereocenters. The Kier molecular flexibility index (Phi) is 4.93. The molecule has 0 aliphatic rings. The monoisotopic (exact) mass is 307 g/mol. The largest absolute Gasteiger partial charge is 0.453 e. The van der Waals surface area contributed by atoms with Crippen molar-refractivity contribution in [1.29, 1.82) is 0 Å². The zero-order valence-electron chi connectivity index (χ0n) is 11.7. The Hall–Kier alpha value is -1.92. The van der Waals surface area contributed by atoms with E-state index in [9.17, 15) is 13.2 Å². The molecule has 0 fully saturated rings. The number of carbonyl (C=O) groups excluding carboxylic acids is 1. The predicted octanol–water partition coefficient (Wildman–Crippen LogP) is 2.84. The summed E-state index contributed by atoms with van der Waals surface area (Å²) in [5.41, 5.74) is 0.439. The minimum atomic E-state index is -3.61. The summed E-state index contributed by atoms with van der Waals surface area (Å²) in [6.45, 7) is 2.39. The molecule has 5 nitrogen and oxygen atoms in total. The summed E-state index contributed by atoms with van der Waals surface area (Å²) in [5, 5.41) is 0. The molecule has 21 heavy (non-hydrogen) atoms. The summed E-state index contributed by atoms with van der Waals surface area (Å²) in [6, 6.07) is 9.65. The Morgan fingerprint density at radius 2 is 1.95 bits per heavy atom. The zero-order chi connectivity index (χ0) is 15.3. The van der Waals surface area contributed by atoms with E-state index in [1.165, 1.54) is 12.1 Å². The van der Waals surface area contributed by atoms with E-state index in [-0.39, 0.29) is 10.7 Å². The van der Waals surface area contributed by atoms with Crippen molar-refractivity contribution in [2.24, 2.45) is 0 Å². The maximum atomic E-state index is 12.4. The first-order valence-electron chi connectivity index (χ1n) is 6.72. The third-order valence-corrected chi connectivity index (χ3v) is 4.53. The fraction of sp³-hybridized carbons (Fsp3) is 0.267. The van der Waals surface area contributed by atoms with Gasteiger partial charge in [-0.15, -0.1) is 0 Å². The summed E-state index contributed by atoms with van der Waals surface area (Å²) in [4.78, 5) is 10.8. The maximum Gasteiger partial charge on any atom is 0.241 e. The number of hydrogen-bond acceptors (Lipinski definition) is 4. The van der Waals surface area contributed by atoms with Gasteiger partial charge in [-0.2, -0.15) is 0 Å². The molecule has 0 aliphatic carbocycles. The van der Waals surface area contributed by atoms with Crippen LogP contribution in [0.25, 0.3) is 11.3 Å². The van der Waals surface area contributed by atoms with Gasteiger partial charge in [-0.25, -0.2) is 13.1 Å². The maximum absolute atomic E-state index is 12.4. The average Bonchev–Trinajstić information content (AvgIpc) is 2.96. The van der Waals surface area contributed by atoms with Gasteiger partial charge in [-0.3, -0.25) is 4.79 Å². The normalized spacial score (nSPS) is 11.5. The van der Waals surface area contributed by atoms with Crippen LogP contribution in [-0.2, 0) is 10.0 Å². The van der Waals surface area contributed by atoms with E-state index in [4.69, 9.17) is 4.42 Å². The first kappa shape index (κ1) is 15.5. The summed E-state index contributed by atoms with van der Waals surface area (Å²) < 4.78 is 32.6. The van der Waals surface area contributed by atoms with Crippen LogP contribution in [0.5, 0.6) is 0 Å². The van der Waals surface area contributed by atoms with E-state index in [2.05, 4.69) is 4.72 Å². The molecule has 0 saturated carbocycles. The molecule has 0 radical (unpaired) electrons. The Balaban J connectivity index is 2.38. The van der Waals surface area contributed by atoms with E-state index in [0.29, 0.717) is 24.2 Å². The van der Waals surface area contributed by atoms with Crippen molar-refractivity contribution in [3.8, 4) is 11.3 Å². The fourth-order valence-electron chi connectivity index (χ4n) is 1.93. The number of benzene rings is 1. The lowest BCUT2D eigenvalue weighted by Gasteiger charge is -2.09. The molecule has 1 heterocycles. The van der Waals surface area contributed by atoms with E-state index in [1.54, 1.807) is 24.3 Å². The molecule has 2 aromatic rings. The van der Waals surface area contributed by atoms with Crippen molar-refractivity contribution in [2.75, 3.05) is 6.54 Å². The zero-order valence-corrected chi connectivity index (χ0v) is 12.5. The second-order valence-corrected chi connectivity index (χ2v) is 6.30. The second-order valence-electron chi connectivity index (χ2n) is 4.57. The van der Waals surface area contributed by atoms with Gasteiger partial charge in [0.05, 0.1) is 4.90 Å². The van der Waals surface area contributed by atoms with Crippen LogP contribution >= 0.6 is 0 Å². The van der Waals surface area contributed by atoms with Gasteiger partial charge in [-0.1, -0.05) is 25.5 Å². The van der Waals surface area contributed by atoms with Crippen LogP contribution in [0, 0.1) is 0 Å². The van der Waals surface area contributed by atoms with E-state index in [1.807, 2.05) is 6.92 Å². The smallest absolute Gasteiger partial charge is 0.241 e. The van der Waals surface area contributed by atoms with Crippen molar-refractivity contribution >= 4 is 16.3 Å². The predicted molar refractivity (Wildman–Crippen MR) is 79.6 cm³/mol. The summed E-state index contributed by atoms with van der Waals surface area (Å²) in [7, 11) is -3.61. The Bertz CT molecular complexity index is 719. The van der Waals surface area contributed by atoms with E-state index >= 15 is 0 Å². The molecule has 0 saturated heterocycles. The molecule has 1 aromatic heterocycles. The minimum absolute atomic E-state index is 0.146. The molecule has 1 aromatic carbocycles. The van der Waals surface area contributed by atoms with Crippen LogP contribution < -0.4 is 4.72 Å². The first-order valence-corrected chi connectivity index (χ1v) is 8.21. The number of rotatable bonds is 7. The second kappa shape index (κ2) is 6.69. The van der Waals surface area contributed by atoms with Crippen molar-refractivity contribution in [1.82, 2.24) is 4.72 Å². The third kappa shape index (κ3) is 3.59. The van der Waals surface area contributed by atoms with Crippen LogP contribution in [0.15, 0.2) is 45.7 Å². The van der Waals surface area contributed by atoms with Gasteiger partial charge in [0, 0.05) is 12.1 Å². The van der Waals surface area contributed by atoms with Crippen LogP contribution in [0.4, 0.5) is 0 Å². The number of unbranched alkanes of at least 4 members (excludes halogenated alkanes) is 1. The number of furan rings is 1. The number of sulfonamides is 1. The number of carbonyl (C=O) groups is 1. The average molecular weight is 307 g/mol. The topological polar surface area (TPSA) is 76.4 Å². The standard InChI is InChI=1S/C15H17NO4S/c1-2-3-10-16-21(18,19)15-7-5-4-6-13(15)14-9-8-12(11-17)20-14/h4-9,11,16H,2-3,10H2,1H3. The highest BCUT2D eigenvalue weighted by atomic mass is 32.2. The molecule has 0 aliphatic heterocycles. The van der Waals surface area contributed by atoms with Gasteiger partial charge < -0.3 is 4.42 Å². The highest BCUT2D eigenvalue weighted by Gasteiger charge is 2.20. The molecule has 1 N–H and O–H groups in total. The van der Waals surface area contributed by atoms with Crippen molar-refractivity contribution in [2.45, 2.75) is 24.7 Å². The lowest BCUT2D eigenvalue weighted by Crippen LogP contribution is -2.25. The van der Waals surface area contributed by atoms with Crippen molar-refractivity contribution < 1.29 is 17.6 Å². The van der Waals surface area contributed by atoms with Gasteiger partial charge in [-0.05, 0) is 30.7 Å². The quantitative estimate of drug-likeness (QED) is 0.630. The molecule has 2 rings (SSSR count). The Morgan fingerprint density at radius 3 is 2.62 bits per heavy atom. The van der Waals surface area contributed by atoms with E-state index < -0.39 is 10.0 Å². The first-order chi connectivity index (χ1) is 10.1. The SMILES string of the molecule is CCCCNS(=O)(=O)c1ccccc1-c1ccc(C=O)o1. The van der Waals surface area contributed by atoms with Crippen LogP contribution in [-0.4, -0.2) is 21.2 Å². The van der Waals surface area contributed by atoms with E-state index in [0.717, 1.165) is 12.8 Å². The highest BCUT2D eigenvalue weighted by Crippen LogP contribution is 2.28. The van der Waals surface area contributed by atoms with Gasteiger partial charge in [0.25, 0.3) is 0 Å². The molecular weight excluding hydrogens is 290 g/mol. The molecule has 0 atom stereocenters. The summed E-state index contributed by atoms with van der Waals surface area (Å²) in [6.07, 6.45) is 2.27. The lowest BCUT2D eigenvalue weighted by molar-refractivity contribution is 0.110. The van der Waals surface area contributed by atoms with Gasteiger partial charge in [0.2, 0.25) is 10.0 Å². The lowest BCUT2D eigenvalue weighted by atomic mass is 10.2. The molecular formula is C15H17NO4S. The molecule has 0 amide bonds. The van der Waals surface area contributed by atoms with Gasteiger partial charge >= 0.3 is 0 Å². The van der Waals surface area contributed by atoms with Crippen LogP contribution in [0.3, 0.4) is 0 Å². The molecule has 0 spiro atoms. The van der Waals surface area contributed by atoms with Gasteiger partial charge in [0.1, 0.15) is 5.76 Å². The Morgan fingerprint density at radius 1 is 1.19 bits per heavy atom. The van der Waals surface area contributed by atoms with Crippen molar-refractivity contribution in [3.05, 3.63) is 42.2 Å². The van der Waals surface area contributed by atoms with Crippen LogP contribution in [0.2, 0.25) is 0 Å². The van der Waals surface area contributed by atoms with Crippen molar-refractivity contribution in [3.63, 3.8) is 0 Å². The number of aldehydes is 1. The highest BCUT2D eigenvalue weighted by molar-refractivity contribution is 7.89. The summed E-state index contributed by atoms with van der Waals surface area (Å²) >= 11 is 0. The summed E-state index contributed by atoms with van der Waals surface area (Å²) in [5.74, 6) is 0.518.